The number of halogens is 1. The van der Waals surface area contributed by atoms with Crippen LogP contribution in [-0.2, 0) is 11.3 Å². The predicted molar refractivity (Wildman–Crippen MR) is 68.4 cm³/mol. The van der Waals surface area contributed by atoms with Gasteiger partial charge in [0, 0.05) is 10.9 Å². The number of tetrazole rings is 1. The van der Waals surface area contributed by atoms with Gasteiger partial charge in [-0.3, -0.25) is 4.79 Å². The Balaban J connectivity index is 2.23. The van der Waals surface area contributed by atoms with Crippen LogP contribution in [0.15, 0.2) is 36.4 Å². The Morgan fingerprint density at radius 3 is 2.70 bits per heavy atom. The highest BCUT2D eigenvalue weighted by molar-refractivity contribution is 5.95. The molecular weight excluding hydrogens is 263 g/mol. The Hall–Kier alpha value is -2.83. The van der Waals surface area contributed by atoms with Gasteiger partial charge in [0.05, 0.1) is 0 Å². The molecule has 0 atom stereocenters. The van der Waals surface area contributed by atoms with Gasteiger partial charge in [-0.2, -0.15) is 0 Å². The highest BCUT2D eigenvalue weighted by Gasteiger charge is 2.15. The molecule has 1 aromatic heterocycles. The Labute approximate surface area is 112 Å². The van der Waals surface area contributed by atoms with Gasteiger partial charge >= 0.3 is 5.97 Å². The highest BCUT2D eigenvalue weighted by Crippen LogP contribution is 2.28. The van der Waals surface area contributed by atoms with Crippen molar-refractivity contribution in [3.8, 4) is 11.4 Å². The number of nitrogens with zero attached hydrogens (tertiary/aromatic N) is 4. The van der Waals surface area contributed by atoms with Crippen molar-refractivity contribution in [3.05, 3.63) is 42.2 Å². The second-order valence-corrected chi connectivity index (χ2v) is 4.19. The molecule has 0 unspecified atom stereocenters. The number of rotatable bonds is 3. The first kappa shape index (κ1) is 12.2. The van der Waals surface area contributed by atoms with Crippen molar-refractivity contribution < 1.29 is 14.3 Å². The summed E-state index contributed by atoms with van der Waals surface area (Å²) in [4.78, 5) is 10.8. The average molecular weight is 272 g/mol. The Bertz CT molecular complexity index is 800. The van der Waals surface area contributed by atoms with Gasteiger partial charge in [0.1, 0.15) is 12.4 Å². The Morgan fingerprint density at radius 1 is 1.20 bits per heavy atom. The summed E-state index contributed by atoms with van der Waals surface area (Å²) in [6.45, 7) is -0.353. The predicted octanol–water partition coefficient (Wildman–Crippen LogP) is 1.72. The Morgan fingerprint density at radius 2 is 1.95 bits per heavy atom. The summed E-state index contributed by atoms with van der Waals surface area (Å²) in [5.74, 6) is -1.10. The number of aliphatic carboxylic acids is 1. The molecule has 0 aliphatic carbocycles. The number of hydrogen-bond donors (Lipinski definition) is 1. The molecule has 7 heteroatoms. The van der Waals surface area contributed by atoms with Crippen molar-refractivity contribution in [1.82, 2.24) is 20.2 Å². The maximum atomic E-state index is 13.8. The van der Waals surface area contributed by atoms with Crippen molar-refractivity contribution in [2.24, 2.45) is 0 Å². The smallest absolute Gasteiger partial charge is 0.325 e. The monoisotopic (exact) mass is 272 g/mol. The number of carboxylic acids is 1. The second kappa shape index (κ2) is 4.69. The first-order valence-electron chi connectivity index (χ1n) is 5.82. The molecule has 0 saturated heterocycles. The summed E-state index contributed by atoms with van der Waals surface area (Å²) >= 11 is 0. The summed E-state index contributed by atoms with van der Waals surface area (Å²) in [7, 11) is 0. The van der Waals surface area contributed by atoms with Crippen molar-refractivity contribution >= 4 is 16.7 Å². The van der Waals surface area contributed by atoms with E-state index >= 15 is 0 Å². The lowest BCUT2D eigenvalue weighted by Crippen LogP contribution is -2.11. The lowest BCUT2D eigenvalue weighted by Gasteiger charge is -2.06. The van der Waals surface area contributed by atoms with Crippen LogP contribution in [0, 0.1) is 5.82 Å². The fraction of sp³-hybridized carbons (Fsp3) is 0.0769. The van der Waals surface area contributed by atoms with E-state index in [0.29, 0.717) is 22.2 Å². The summed E-state index contributed by atoms with van der Waals surface area (Å²) in [6, 6.07) is 9.76. The molecule has 1 heterocycles. The van der Waals surface area contributed by atoms with Crippen molar-refractivity contribution in [1.29, 1.82) is 0 Å². The van der Waals surface area contributed by atoms with Crippen LogP contribution in [0.25, 0.3) is 22.2 Å². The molecule has 0 amide bonds. The van der Waals surface area contributed by atoms with Gasteiger partial charge in [-0.25, -0.2) is 9.07 Å². The SMILES string of the molecule is O=C(O)Cn1nnnc1-c1ccc(F)c2ccccc12. The van der Waals surface area contributed by atoms with Gasteiger partial charge in [0.25, 0.3) is 0 Å². The summed E-state index contributed by atoms with van der Waals surface area (Å²) in [5.41, 5.74) is 0.591. The van der Waals surface area contributed by atoms with E-state index in [1.165, 1.54) is 10.7 Å². The molecule has 2 aromatic carbocycles. The minimum absolute atomic E-state index is 0.295. The molecule has 100 valence electrons. The molecular formula is C13H9FN4O2. The van der Waals surface area contributed by atoms with E-state index in [0.717, 1.165) is 0 Å². The molecule has 0 saturated carbocycles. The number of carboxylic acid groups (broad SMARTS) is 1. The van der Waals surface area contributed by atoms with Crippen molar-refractivity contribution in [2.75, 3.05) is 0 Å². The van der Waals surface area contributed by atoms with E-state index in [1.54, 1.807) is 30.3 Å². The van der Waals surface area contributed by atoms with E-state index in [9.17, 15) is 9.18 Å². The first-order valence-corrected chi connectivity index (χ1v) is 5.82. The van der Waals surface area contributed by atoms with Crippen LogP contribution in [0.2, 0.25) is 0 Å². The highest BCUT2D eigenvalue weighted by atomic mass is 19.1. The standard InChI is InChI=1S/C13H9FN4O2/c14-11-6-5-10(8-3-1-2-4-9(8)11)13-15-16-17-18(13)7-12(19)20/h1-6H,7H2,(H,19,20). The zero-order chi connectivity index (χ0) is 14.1. The minimum atomic E-state index is -1.05. The largest absolute Gasteiger partial charge is 0.480 e. The summed E-state index contributed by atoms with van der Waals surface area (Å²) < 4.78 is 14.9. The molecule has 3 rings (SSSR count). The van der Waals surface area contributed by atoms with Gasteiger partial charge in [-0.05, 0) is 27.9 Å². The van der Waals surface area contributed by atoms with Crippen LogP contribution in [-0.4, -0.2) is 31.3 Å². The zero-order valence-electron chi connectivity index (χ0n) is 10.2. The van der Waals surface area contributed by atoms with E-state index in [-0.39, 0.29) is 12.4 Å². The van der Waals surface area contributed by atoms with Crippen molar-refractivity contribution in [3.63, 3.8) is 0 Å². The van der Waals surface area contributed by atoms with Crippen molar-refractivity contribution in [2.45, 2.75) is 6.54 Å². The van der Waals surface area contributed by atoms with Crippen LogP contribution in [0.3, 0.4) is 0 Å². The molecule has 20 heavy (non-hydrogen) atoms. The number of hydrogen-bond acceptors (Lipinski definition) is 4. The lowest BCUT2D eigenvalue weighted by molar-refractivity contribution is -0.137. The third-order valence-corrected chi connectivity index (χ3v) is 2.93. The van der Waals surface area contributed by atoms with Crippen LogP contribution < -0.4 is 0 Å². The molecule has 0 aliphatic rings. The zero-order valence-corrected chi connectivity index (χ0v) is 10.2. The topological polar surface area (TPSA) is 80.9 Å². The first-order chi connectivity index (χ1) is 9.66. The molecule has 0 bridgehead atoms. The van der Waals surface area contributed by atoms with Gasteiger partial charge in [0.2, 0.25) is 0 Å². The normalized spacial score (nSPS) is 10.8. The molecule has 1 N–H and O–H groups in total. The molecule has 0 fully saturated rings. The van der Waals surface area contributed by atoms with E-state index in [4.69, 9.17) is 5.11 Å². The maximum Gasteiger partial charge on any atom is 0.325 e. The number of fused-ring (bicyclic) bond motifs is 1. The summed E-state index contributed by atoms with van der Waals surface area (Å²) in [6.07, 6.45) is 0. The molecule has 0 aliphatic heterocycles. The third-order valence-electron chi connectivity index (χ3n) is 2.93. The second-order valence-electron chi connectivity index (χ2n) is 4.19. The minimum Gasteiger partial charge on any atom is -0.480 e. The fourth-order valence-electron chi connectivity index (χ4n) is 2.09. The molecule has 0 radical (unpaired) electrons. The van der Waals surface area contributed by atoms with Crippen LogP contribution in [0.4, 0.5) is 4.39 Å². The fourth-order valence-corrected chi connectivity index (χ4v) is 2.09. The van der Waals surface area contributed by atoms with Gasteiger partial charge in [-0.15, -0.1) is 5.10 Å². The molecule has 3 aromatic rings. The molecule has 6 nitrogen and oxygen atoms in total. The number of aromatic nitrogens is 4. The molecule has 0 spiro atoms. The van der Waals surface area contributed by atoms with E-state index in [1.807, 2.05) is 0 Å². The van der Waals surface area contributed by atoms with Gasteiger partial charge in [0.15, 0.2) is 5.82 Å². The van der Waals surface area contributed by atoms with E-state index in [2.05, 4.69) is 15.5 Å². The van der Waals surface area contributed by atoms with Crippen LogP contribution >= 0.6 is 0 Å². The lowest BCUT2D eigenvalue weighted by atomic mass is 10.0. The maximum absolute atomic E-state index is 13.8. The van der Waals surface area contributed by atoms with Gasteiger partial charge < -0.3 is 5.11 Å². The average Bonchev–Trinajstić information content (AvgIpc) is 2.87. The van der Waals surface area contributed by atoms with E-state index < -0.39 is 5.97 Å². The van der Waals surface area contributed by atoms with Crippen LogP contribution in [0.5, 0.6) is 0 Å². The quantitative estimate of drug-likeness (QED) is 0.785. The number of benzene rings is 2. The van der Waals surface area contributed by atoms with Crippen LogP contribution in [0.1, 0.15) is 0 Å². The Kier molecular flexibility index (Phi) is 2.86. The number of carbonyl (C=O) groups is 1. The van der Waals surface area contributed by atoms with Gasteiger partial charge in [-0.1, -0.05) is 24.3 Å². The summed E-state index contributed by atoms with van der Waals surface area (Å²) in [5, 5.41) is 20.9. The third kappa shape index (κ3) is 1.99.